The predicted molar refractivity (Wildman–Crippen MR) is 104 cm³/mol. The lowest BCUT2D eigenvalue weighted by Gasteiger charge is -2.25. The standard InChI is InChI=1S/C19H28N6O/c26-24-18-21-17(20-13-9-12-16-10-5-4-6-11-16)22-19(23-18)25-14-7-2-1-3-8-15-25/h4-6,10-11,26H,1-3,7-9,12-15H2,(H2,20,21,22,23,24). The Bertz CT molecular complexity index is 658. The van der Waals surface area contributed by atoms with Crippen LogP contribution in [0.5, 0.6) is 0 Å². The van der Waals surface area contributed by atoms with E-state index < -0.39 is 0 Å². The number of aromatic nitrogens is 3. The Morgan fingerprint density at radius 3 is 2.31 bits per heavy atom. The fourth-order valence-corrected chi connectivity index (χ4v) is 3.22. The maximum Gasteiger partial charge on any atom is 0.253 e. The first-order valence-corrected chi connectivity index (χ1v) is 9.54. The summed E-state index contributed by atoms with van der Waals surface area (Å²) in [4.78, 5) is 15.3. The molecule has 2 heterocycles. The zero-order chi connectivity index (χ0) is 18.0. The lowest BCUT2D eigenvalue weighted by atomic mass is 10.1. The number of hydrogen-bond donors (Lipinski definition) is 3. The smallest absolute Gasteiger partial charge is 0.253 e. The van der Waals surface area contributed by atoms with Crippen molar-refractivity contribution in [2.75, 3.05) is 35.3 Å². The van der Waals surface area contributed by atoms with Gasteiger partial charge < -0.3 is 10.2 Å². The van der Waals surface area contributed by atoms with E-state index in [1.807, 2.05) is 6.07 Å². The zero-order valence-electron chi connectivity index (χ0n) is 15.2. The van der Waals surface area contributed by atoms with Gasteiger partial charge in [-0.1, -0.05) is 49.6 Å². The Labute approximate surface area is 154 Å². The highest BCUT2D eigenvalue weighted by Gasteiger charge is 2.14. The number of rotatable bonds is 7. The van der Waals surface area contributed by atoms with Gasteiger partial charge in [0.1, 0.15) is 0 Å². The van der Waals surface area contributed by atoms with E-state index >= 15 is 0 Å². The normalized spacial score (nSPS) is 15.2. The molecule has 1 aromatic carbocycles. The number of hydrogen-bond acceptors (Lipinski definition) is 7. The number of benzene rings is 1. The van der Waals surface area contributed by atoms with Gasteiger partial charge in [-0.2, -0.15) is 15.0 Å². The van der Waals surface area contributed by atoms with Crippen molar-refractivity contribution in [3.63, 3.8) is 0 Å². The van der Waals surface area contributed by atoms with Gasteiger partial charge in [-0.25, -0.2) is 5.48 Å². The van der Waals surface area contributed by atoms with Crippen LogP contribution in [0.2, 0.25) is 0 Å². The maximum absolute atomic E-state index is 9.26. The molecule has 0 amide bonds. The molecule has 0 atom stereocenters. The Hall–Kier alpha value is -2.41. The molecule has 1 saturated heterocycles. The maximum atomic E-state index is 9.26. The van der Waals surface area contributed by atoms with Gasteiger partial charge in [-0.3, -0.25) is 5.21 Å². The summed E-state index contributed by atoms with van der Waals surface area (Å²) in [7, 11) is 0. The van der Waals surface area contributed by atoms with Crippen LogP contribution in [0, 0.1) is 0 Å². The van der Waals surface area contributed by atoms with Gasteiger partial charge in [0.25, 0.3) is 5.95 Å². The Kier molecular flexibility index (Phi) is 7.01. The fraction of sp³-hybridized carbons (Fsp3) is 0.526. The second-order valence-corrected chi connectivity index (χ2v) is 6.67. The van der Waals surface area contributed by atoms with E-state index in [4.69, 9.17) is 0 Å². The van der Waals surface area contributed by atoms with Crippen molar-refractivity contribution < 1.29 is 5.21 Å². The molecule has 3 rings (SSSR count). The highest BCUT2D eigenvalue weighted by atomic mass is 16.5. The number of nitrogens with one attached hydrogen (secondary N) is 2. The minimum atomic E-state index is 0.183. The topological polar surface area (TPSA) is 86.2 Å². The van der Waals surface area contributed by atoms with E-state index in [1.165, 1.54) is 24.8 Å². The largest absolute Gasteiger partial charge is 0.354 e. The van der Waals surface area contributed by atoms with Crippen molar-refractivity contribution in [3.05, 3.63) is 35.9 Å². The molecular formula is C19H28N6O. The van der Waals surface area contributed by atoms with Crippen LogP contribution in [0.25, 0.3) is 0 Å². The van der Waals surface area contributed by atoms with Crippen molar-refractivity contribution >= 4 is 17.8 Å². The Morgan fingerprint density at radius 1 is 0.885 bits per heavy atom. The van der Waals surface area contributed by atoms with Gasteiger partial charge in [-0.05, 0) is 31.2 Å². The number of anilines is 3. The number of nitrogens with zero attached hydrogens (tertiary/aromatic N) is 4. The van der Waals surface area contributed by atoms with Crippen molar-refractivity contribution in [1.82, 2.24) is 15.0 Å². The molecule has 1 aromatic heterocycles. The molecule has 0 aliphatic carbocycles. The summed E-state index contributed by atoms with van der Waals surface area (Å²) in [5.74, 6) is 1.31. The van der Waals surface area contributed by atoms with Gasteiger partial charge in [0.2, 0.25) is 11.9 Å². The Balaban J connectivity index is 1.59. The summed E-state index contributed by atoms with van der Waals surface area (Å²) in [6.07, 6.45) is 8.08. The predicted octanol–water partition coefficient (Wildman–Crippen LogP) is 3.49. The van der Waals surface area contributed by atoms with Crippen LogP contribution < -0.4 is 15.7 Å². The van der Waals surface area contributed by atoms with E-state index in [9.17, 15) is 5.21 Å². The van der Waals surface area contributed by atoms with Gasteiger partial charge in [0.15, 0.2) is 0 Å². The quantitative estimate of drug-likeness (QED) is 0.517. The second kappa shape index (κ2) is 9.91. The molecule has 1 aliphatic rings. The first kappa shape index (κ1) is 18.4. The number of aryl methyl sites for hydroxylation is 1. The lowest BCUT2D eigenvalue weighted by molar-refractivity contribution is 0.382. The molecular weight excluding hydrogens is 328 g/mol. The molecule has 1 aliphatic heterocycles. The average Bonchev–Trinajstić information content (AvgIpc) is 2.65. The third-order valence-electron chi connectivity index (χ3n) is 4.63. The molecule has 1 fully saturated rings. The molecule has 3 N–H and O–H groups in total. The van der Waals surface area contributed by atoms with Crippen molar-refractivity contribution in [1.29, 1.82) is 0 Å². The fourth-order valence-electron chi connectivity index (χ4n) is 3.22. The van der Waals surface area contributed by atoms with Crippen LogP contribution in [0.3, 0.4) is 0 Å². The first-order chi connectivity index (χ1) is 12.8. The summed E-state index contributed by atoms with van der Waals surface area (Å²) in [6.45, 7) is 2.66. The highest BCUT2D eigenvalue weighted by molar-refractivity contribution is 5.43. The molecule has 26 heavy (non-hydrogen) atoms. The van der Waals surface area contributed by atoms with Crippen LogP contribution in [0.4, 0.5) is 17.8 Å². The van der Waals surface area contributed by atoms with E-state index in [0.29, 0.717) is 11.9 Å². The monoisotopic (exact) mass is 356 g/mol. The average molecular weight is 356 g/mol. The molecule has 0 saturated carbocycles. The third-order valence-corrected chi connectivity index (χ3v) is 4.63. The van der Waals surface area contributed by atoms with E-state index in [-0.39, 0.29) is 5.95 Å². The zero-order valence-corrected chi connectivity index (χ0v) is 15.2. The van der Waals surface area contributed by atoms with Gasteiger partial charge >= 0.3 is 0 Å². The Morgan fingerprint density at radius 2 is 1.58 bits per heavy atom. The van der Waals surface area contributed by atoms with Crippen LogP contribution in [-0.4, -0.2) is 39.8 Å². The molecule has 0 bridgehead atoms. The molecule has 7 nitrogen and oxygen atoms in total. The summed E-state index contributed by atoms with van der Waals surface area (Å²) < 4.78 is 0. The van der Waals surface area contributed by atoms with E-state index in [2.05, 4.69) is 54.9 Å². The summed E-state index contributed by atoms with van der Waals surface area (Å²) in [5, 5.41) is 12.5. The first-order valence-electron chi connectivity index (χ1n) is 9.54. The highest BCUT2D eigenvalue weighted by Crippen LogP contribution is 2.18. The van der Waals surface area contributed by atoms with Crippen LogP contribution in [-0.2, 0) is 6.42 Å². The van der Waals surface area contributed by atoms with E-state index in [1.54, 1.807) is 0 Å². The second-order valence-electron chi connectivity index (χ2n) is 6.67. The van der Waals surface area contributed by atoms with Crippen LogP contribution >= 0.6 is 0 Å². The summed E-state index contributed by atoms with van der Waals surface area (Å²) in [6, 6.07) is 10.4. The molecule has 0 radical (unpaired) electrons. The van der Waals surface area contributed by atoms with Crippen molar-refractivity contribution in [3.8, 4) is 0 Å². The molecule has 7 heteroatoms. The summed E-state index contributed by atoms with van der Waals surface area (Å²) in [5.41, 5.74) is 3.39. The van der Waals surface area contributed by atoms with Crippen LogP contribution in [0.15, 0.2) is 30.3 Å². The molecule has 140 valence electrons. The minimum absolute atomic E-state index is 0.183. The minimum Gasteiger partial charge on any atom is -0.354 e. The van der Waals surface area contributed by atoms with Gasteiger partial charge in [0.05, 0.1) is 0 Å². The van der Waals surface area contributed by atoms with Gasteiger partial charge in [-0.15, -0.1) is 0 Å². The molecule has 0 spiro atoms. The van der Waals surface area contributed by atoms with Gasteiger partial charge in [0, 0.05) is 19.6 Å². The van der Waals surface area contributed by atoms with Crippen LogP contribution in [0.1, 0.15) is 44.1 Å². The SMILES string of the molecule is ONc1nc(NCCCc2ccccc2)nc(N2CCCCCCC2)n1. The van der Waals surface area contributed by atoms with Crippen molar-refractivity contribution in [2.24, 2.45) is 0 Å². The third kappa shape index (κ3) is 5.56. The lowest BCUT2D eigenvalue weighted by Crippen LogP contribution is -2.29. The summed E-state index contributed by atoms with van der Waals surface area (Å²) >= 11 is 0. The van der Waals surface area contributed by atoms with E-state index in [0.717, 1.165) is 45.3 Å². The molecule has 2 aromatic rings. The molecule has 0 unspecified atom stereocenters. The van der Waals surface area contributed by atoms with Crippen molar-refractivity contribution in [2.45, 2.75) is 44.9 Å².